The van der Waals surface area contributed by atoms with Crippen LogP contribution in [0.15, 0.2) is 12.1 Å². The molecule has 0 saturated carbocycles. The van der Waals surface area contributed by atoms with Gasteiger partial charge in [0.05, 0.1) is 18.2 Å². The molecule has 0 fully saturated rings. The van der Waals surface area contributed by atoms with Crippen LogP contribution >= 0.6 is 11.6 Å². The summed E-state index contributed by atoms with van der Waals surface area (Å²) in [7, 11) is 0. The molecule has 0 radical (unpaired) electrons. The Labute approximate surface area is 81.3 Å². The van der Waals surface area contributed by atoms with Crippen molar-refractivity contribution in [2.75, 3.05) is 6.61 Å². The standard InChI is InChI=1S/C9H10ClNO2/c10-8-4-6(5-13-11)3-7-1-2-12-9(7)8/h3-4H,1-2,5,11H2. The van der Waals surface area contributed by atoms with Crippen LogP contribution in [0.4, 0.5) is 0 Å². The lowest BCUT2D eigenvalue weighted by molar-refractivity contribution is 0.124. The lowest BCUT2D eigenvalue weighted by Gasteiger charge is -2.05. The van der Waals surface area contributed by atoms with Crippen molar-refractivity contribution in [1.82, 2.24) is 0 Å². The summed E-state index contributed by atoms with van der Waals surface area (Å²) in [6.45, 7) is 1.09. The van der Waals surface area contributed by atoms with E-state index in [1.807, 2.05) is 12.1 Å². The summed E-state index contributed by atoms with van der Waals surface area (Å²) in [6.07, 6.45) is 0.910. The van der Waals surface area contributed by atoms with E-state index in [1.54, 1.807) is 0 Å². The first-order chi connectivity index (χ1) is 6.31. The lowest BCUT2D eigenvalue weighted by atomic mass is 10.1. The highest BCUT2D eigenvalue weighted by molar-refractivity contribution is 6.32. The Kier molecular flexibility index (Phi) is 2.40. The maximum absolute atomic E-state index is 5.99. The van der Waals surface area contributed by atoms with Gasteiger partial charge in [-0.2, -0.15) is 0 Å². The van der Waals surface area contributed by atoms with Crippen LogP contribution in [0.5, 0.6) is 5.75 Å². The predicted octanol–water partition coefficient (Wildman–Crippen LogP) is 1.67. The van der Waals surface area contributed by atoms with Crippen LogP contribution in [-0.4, -0.2) is 6.61 Å². The average Bonchev–Trinajstić information content (AvgIpc) is 2.53. The Morgan fingerprint density at radius 2 is 2.38 bits per heavy atom. The molecule has 1 heterocycles. The normalized spacial score (nSPS) is 14.0. The van der Waals surface area contributed by atoms with Crippen LogP contribution in [0.1, 0.15) is 11.1 Å². The zero-order valence-corrected chi connectivity index (χ0v) is 7.80. The van der Waals surface area contributed by atoms with Crippen molar-refractivity contribution in [2.45, 2.75) is 13.0 Å². The molecule has 2 N–H and O–H groups in total. The second-order valence-corrected chi connectivity index (χ2v) is 3.38. The van der Waals surface area contributed by atoms with Gasteiger partial charge in [0.2, 0.25) is 0 Å². The van der Waals surface area contributed by atoms with E-state index in [0.717, 1.165) is 23.3 Å². The fraction of sp³-hybridized carbons (Fsp3) is 0.333. The van der Waals surface area contributed by atoms with Gasteiger partial charge in [-0.15, -0.1) is 0 Å². The van der Waals surface area contributed by atoms with Gasteiger partial charge in [0, 0.05) is 6.42 Å². The molecule has 2 rings (SSSR count). The van der Waals surface area contributed by atoms with E-state index >= 15 is 0 Å². The average molecular weight is 200 g/mol. The molecular formula is C9H10ClNO2. The Hall–Kier alpha value is -0.770. The molecule has 1 aliphatic rings. The number of ether oxygens (including phenoxy) is 1. The van der Waals surface area contributed by atoms with Crippen molar-refractivity contribution in [2.24, 2.45) is 5.90 Å². The molecule has 0 atom stereocenters. The van der Waals surface area contributed by atoms with Gasteiger partial charge in [0.15, 0.2) is 0 Å². The minimum absolute atomic E-state index is 0.382. The molecule has 0 saturated heterocycles. The maximum atomic E-state index is 5.99. The Morgan fingerprint density at radius 1 is 1.54 bits per heavy atom. The van der Waals surface area contributed by atoms with Gasteiger partial charge in [-0.25, -0.2) is 5.90 Å². The van der Waals surface area contributed by atoms with Crippen molar-refractivity contribution in [3.63, 3.8) is 0 Å². The minimum atomic E-state index is 0.382. The summed E-state index contributed by atoms with van der Waals surface area (Å²) in [4.78, 5) is 4.54. The molecule has 1 aromatic rings. The van der Waals surface area contributed by atoms with Gasteiger partial charge in [-0.05, 0) is 23.3 Å². The van der Waals surface area contributed by atoms with E-state index in [9.17, 15) is 0 Å². The third-order valence-corrected chi connectivity index (χ3v) is 2.33. The number of hydrogen-bond acceptors (Lipinski definition) is 3. The van der Waals surface area contributed by atoms with E-state index in [0.29, 0.717) is 18.2 Å². The van der Waals surface area contributed by atoms with Crippen molar-refractivity contribution >= 4 is 11.6 Å². The van der Waals surface area contributed by atoms with Crippen molar-refractivity contribution in [3.8, 4) is 5.75 Å². The highest BCUT2D eigenvalue weighted by Gasteiger charge is 2.16. The molecule has 0 bridgehead atoms. The van der Waals surface area contributed by atoms with Crippen molar-refractivity contribution < 1.29 is 9.57 Å². The summed E-state index contributed by atoms with van der Waals surface area (Å²) >= 11 is 5.99. The summed E-state index contributed by atoms with van der Waals surface area (Å²) in [5.41, 5.74) is 2.12. The summed E-state index contributed by atoms with van der Waals surface area (Å²) in [6, 6.07) is 3.83. The van der Waals surface area contributed by atoms with Crippen LogP contribution in [0.25, 0.3) is 0 Å². The van der Waals surface area contributed by atoms with Gasteiger partial charge in [0.1, 0.15) is 5.75 Å². The molecule has 1 aromatic carbocycles. The topological polar surface area (TPSA) is 44.5 Å². The Morgan fingerprint density at radius 3 is 3.15 bits per heavy atom. The SMILES string of the molecule is NOCc1cc(Cl)c2c(c1)CCO2. The Balaban J connectivity index is 2.37. The van der Waals surface area contributed by atoms with Crippen molar-refractivity contribution in [3.05, 3.63) is 28.3 Å². The van der Waals surface area contributed by atoms with Crippen LogP contribution in [-0.2, 0) is 17.9 Å². The fourth-order valence-corrected chi connectivity index (χ4v) is 1.82. The van der Waals surface area contributed by atoms with Gasteiger partial charge in [-0.3, -0.25) is 4.84 Å². The molecule has 13 heavy (non-hydrogen) atoms. The quantitative estimate of drug-likeness (QED) is 0.737. The number of fused-ring (bicyclic) bond motifs is 1. The molecule has 0 aliphatic carbocycles. The number of hydrogen-bond donors (Lipinski definition) is 1. The van der Waals surface area contributed by atoms with Gasteiger partial charge in [0.25, 0.3) is 0 Å². The van der Waals surface area contributed by atoms with Gasteiger partial charge >= 0.3 is 0 Å². The zero-order chi connectivity index (χ0) is 9.26. The molecule has 70 valence electrons. The number of rotatable bonds is 2. The second-order valence-electron chi connectivity index (χ2n) is 2.98. The highest BCUT2D eigenvalue weighted by atomic mass is 35.5. The molecule has 4 heteroatoms. The minimum Gasteiger partial charge on any atom is -0.491 e. The molecule has 3 nitrogen and oxygen atoms in total. The monoisotopic (exact) mass is 199 g/mol. The second kappa shape index (κ2) is 3.54. The number of nitrogens with two attached hydrogens (primary N) is 1. The van der Waals surface area contributed by atoms with Crippen LogP contribution in [0, 0.1) is 0 Å². The summed E-state index contributed by atoms with van der Waals surface area (Å²) in [5, 5.41) is 0.641. The first-order valence-corrected chi connectivity index (χ1v) is 4.45. The van der Waals surface area contributed by atoms with Crippen LogP contribution < -0.4 is 10.6 Å². The van der Waals surface area contributed by atoms with Crippen LogP contribution in [0.2, 0.25) is 5.02 Å². The van der Waals surface area contributed by atoms with E-state index < -0.39 is 0 Å². The van der Waals surface area contributed by atoms with Gasteiger partial charge in [-0.1, -0.05) is 11.6 Å². The number of halogens is 1. The summed E-state index contributed by atoms with van der Waals surface area (Å²) in [5.74, 6) is 5.79. The highest BCUT2D eigenvalue weighted by Crippen LogP contribution is 2.34. The molecule has 0 aromatic heterocycles. The smallest absolute Gasteiger partial charge is 0.141 e. The molecule has 0 spiro atoms. The first kappa shape index (κ1) is 8.81. The third-order valence-electron chi connectivity index (χ3n) is 2.05. The zero-order valence-electron chi connectivity index (χ0n) is 7.05. The largest absolute Gasteiger partial charge is 0.491 e. The van der Waals surface area contributed by atoms with Crippen LogP contribution in [0.3, 0.4) is 0 Å². The van der Waals surface area contributed by atoms with E-state index in [-0.39, 0.29) is 0 Å². The first-order valence-electron chi connectivity index (χ1n) is 4.07. The molecule has 1 aliphatic heterocycles. The van der Waals surface area contributed by atoms with Gasteiger partial charge < -0.3 is 4.74 Å². The molecule has 0 unspecified atom stereocenters. The predicted molar refractivity (Wildman–Crippen MR) is 49.6 cm³/mol. The molecule has 0 amide bonds. The maximum Gasteiger partial charge on any atom is 0.141 e. The lowest BCUT2D eigenvalue weighted by Crippen LogP contribution is -1.99. The van der Waals surface area contributed by atoms with E-state index in [2.05, 4.69) is 4.84 Å². The van der Waals surface area contributed by atoms with E-state index in [4.69, 9.17) is 22.2 Å². The molecular weight excluding hydrogens is 190 g/mol. The Bertz CT molecular complexity index is 328. The fourth-order valence-electron chi connectivity index (χ4n) is 1.50. The van der Waals surface area contributed by atoms with Crippen molar-refractivity contribution in [1.29, 1.82) is 0 Å². The third kappa shape index (κ3) is 1.63. The number of benzene rings is 1. The van der Waals surface area contributed by atoms with E-state index in [1.165, 1.54) is 0 Å². The summed E-state index contributed by atoms with van der Waals surface area (Å²) < 4.78 is 5.36.